The first-order chi connectivity index (χ1) is 11.1. The van der Waals surface area contributed by atoms with E-state index in [4.69, 9.17) is 15.2 Å². The van der Waals surface area contributed by atoms with E-state index < -0.39 is 12.0 Å². The van der Waals surface area contributed by atoms with Crippen molar-refractivity contribution < 1.29 is 19.1 Å². The third-order valence-corrected chi connectivity index (χ3v) is 3.17. The second kappa shape index (κ2) is 7.84. The van der Waals surface area contributed by atoms with Crippen molar-refractivity contribution in [1.82, 2.24) is 0 Å². The van der Waals surface area contributed by atoms with Gasteiger partial charge in [-0.3, -0.25) is 0 Å². The number of carbonyl (C=O) groups excluding carboxylic acids is 2. The number of nitrogens with one attached hydrogen (secondary N) is 1. The number of benzene rings is 2. The minimum atomic E-state index is -0.653. The van der Waals surface area contributed by atoms with Gasteiger partial charge in [-0.05, 0) is 42.0 Å². The largest absolute Gasteiger partial charge is 0.497 e. The quantitative estimate of drug-likeness (QED) is 0.802. The molecule has 0 saturated carbocycles. The Morgan fingerprint density at radius 2 is 1.70 bits per heavy atom. The third-order valence-electron chi connectivity index (χ3n) is 3.17. The number of methoxy groups -OCH3 is 1. The van der Waals surface area contributed by atoms with Crippen LogP contribution in [-0.2, 0) is 11.2 Å². The van der Waals surface area contributed by atoms with Crippen LogP contribution < -0.4 is 15.8 Å². The molecular weight excluding hydrogens is 296 g/mol. The minimum Gasteiger partial charge on any atom is -0.497 e. The Hall–Kier alpha value is -3.02. The molecule has 0 saturated heterocycles. The number of carbonyl (C=O) groups is 2. The Bertz CT molecular complexity index is 666. The average Bonchev–Trinajstić information content (AvgIpc) is 2.55. The number of nitrogens with two attached hydrogens (primary N) is 1. The molecule has 0 fully saturated rings. The van der Waals surface area contributed by atoms with Gasteiger partial charge in [0.05, 0.1) is 19.3 Å². The van der Waals surface area contributed by atoms with Gasteiger partial charge >= 0.3 is 12.0 Å². The molecule has 0 heterocycles. The molecule has 0 aliphatic carbocycles. The number of urea groups is 1. The highest BCUT2D eigenvalue weighted by molar-refractivity contribution is 5.91. The first kappa shape index (κ1) is 16.4. The van der Waals surface area contributed by atoms with Crippen LogP contribution in [0.3, 0.4) is 0 Å². The normalized spacial score (nSPS) is 9.96. The summed E-state index contributed by atoms with van der Waals surface area (Å²) in [5, 5.41) is 2.42. The summed E-state index contributed by atoms with van der Waals surface area (Å²) in [6.45, 7) is 0.284. The molecule has 0 spiro atoms. The van der Waals surface area contributed by atoms with Crippen LogP contribution in [0, 0.1) is 0 Å². The van der Waals surface area contributed by atoms with E-state index in [-0.39, 0.29) is 6.61 Å². The first-order valence-electron chi connectivity index (χ1n) is 7.05. The predicted molar refractivity (Wildman–Crippen MR) is 86.6 cm³/mol. The van der Waals surface area contributed by atoms with Crippen molar-refractivity contribution in [2.45, 2.75) is 6.42 Å². The van der Waals surface area contributed by atoms with Crippen molar-refractivity contribution in [2.75, 3.05) is 19.0 Å². The highest BCUT2D eigenvalue weighted by Crippen LogP contribution is 2.13. The van der Waals surface area contributed by atoms with Crippen LogP contribution in [-0.4, -0.2) is 25.7 Å². The van der Waals surface area contributed by atoms with Crippen LogP contribution in [0.5, 0.6) is 5.75 Å². The van der Waals surface area contributed by atoms with Crippen molar-refractivity contribution in [2.24, 2.45) is 5.73 Å². The van der Waals surface area contributed by atoms with Gasteiger partial charge in [-0.15, -0.1) is 0 Å². The summed E-state index contributed by atoms with van der Waals surface area (Å²) < 4.78 is 10.3. The molecule has 2 amide bonds. The molecule has 0 radical (unpaired) electrons. The molecule has 3 N–H and O–H groups in total. The number of hydrogen-bond donors (Lipinski definition) is 2. The van der Waals surface area contributed by atoms with E-state index in [1.807, 2.05) is 24.3 Å². The molecule has 6 heteroatoms. The van der Waals surface area contributed by atoms with Crippen LogP contribution >= 0.6 is 0 Å². The summed E-state index contributed by atoms with van der Waals surface area (Å²) in [5.74, 6) is 0.375. The fraction of sp³-hybridized carbons (Fsp3) is 0.176. The lowest BCUT2D eigenvalue weighted by atomic mass is 10.1. The molecule has 2 aromatic carbocycles. The second-order valence-corrected chi connectivity index (χ2v) is 4.80. The van der Waals surface area contributed by atoms with Crippen LogP contribution in [0.4, 0.5) is 10.5 Å². The lowest BCUT2D eigenvalue weighted by Crippen LogP contribution is -2.19. The second-order valence-electron chi connectivity index (χ2n) is 4.80. The van der Waals surface area contributed by atoms with Crippen LogP contribution in [0.1, 0.15) is 15.9 Å². The molecular formula is C17H18N2O4. The van der Waals surface area contributed by atoms with E-state index >= 15 is 0 Å². The van der Waals surface area contributed by atoms with Crippen molar-refractivity contribution in [1.29, 1.82) is 0 Å². The summed E-state index contributed by atoms with van der Waals surface area (Å²) in [6.07, 6.45) is 0.622. The van der Waals surface area contributed by atoms with Crippen molar-refractivity contribution in [3.05, 3.63) is 59.7 Å². The topological polar surface area (TPSA) is 90.7 Å². The molecule has 0 aliphatic heterocycles. The van der Waals surface area contributed by atoms with Gasteiger partial charge < -0.3 is 20.5 Å². The number of esters is 1. The molecule has 0 atom stereocenters. The third kappa shape index (κ3) is 5.03. The summed E-state index contributed by atoms with van der Waals surface area (Å²) in [5.41, 5.74) is 7.00. The fourth-order valence-corrected chi connectivity index (χ4v) is 1.97. The Morgan fingerprint density at radius 3 is 2.26 bits per heavy atom. The monoisotopic (exact) mass is 314 g/mol. The molecule has 0 unspecified atom stereocenters. The summed E-state index contributed by atoms with van der Waals surface area (Å²) in [4.78, 5) is 22.6. The lowest BCUT2D eigenvalue weighted by molar-refractivity contribution is 0.0509. The van der Waals surface area contributed by atoms with Crippen molar-refractivity contribution in [3.8, 4) is 5.75 Å². The molecule has 0 aromatic heterocycles. The number of amides is 2. The zero-order chi connectivity index (χ0) is 16.7. The standard InChI is InChI=1S/C17H18N2O4/c1-22-15-8-2-12(3-9-15)10-11-23-16(20)13-4-6-14(7-5-13)19-17(18)21/h2-9H,10-11H2,1H3,(H3,18,19,21). The zero-order valence-electron chi connectivity index (χ0n) is 12.7. The fourth-order valence-electron chi connectivity index (χ4n) is 1.97. The number of anilines is 1. The number of primary amides is 1. The van der Waals surface area contributed by atoms with E-state index in [2.05, 4.69) is 5.32 Å². The van der Waals surface area contributed by atoms with E-state index in [9.17, 15) is 9.59 Å². The van der Waals surface area contributed by atoms with E-state index in [1.165, 1.54) is 0 Å². The van der Waals surface area contributed by atoms with Gasteiger partial charge in [-0.2, -0.15) is 0 Å². The van der Waals surface area contributed by atoms with E-state index in [0.29, 0.717) is 17.7 Å². The van der Waals surface area contributed by atoms with Gasteiger partial charge in [0.15, 0.2) is 0 Å². The molecule has 2 rings (SSSR count). The highest BCUT2D eigenvalue weighted by Gasteiger charge is 2.07. The van der Waals surface area contributed by atoms with Gasteiger partial charge in [-0.25, -0.2) is 9.59 Å². The first-order valence-corrected chi connectivity index (χ1v) is 7.05. The molecule has 0 bridgehead atoms. The predicted octanol–water partition coefficient (Wildman–Crippen LogP) is 2.59. The lowest BCUT2D eigenvalue weighted by Gasteiger charge is -2.07. The Kier molecular flexibility index (Phi) is 5.57. The maximum absolute atomic E-state index is 11.9. The van der Waals surface area contributed by atoms with E-state index in [0.717, 1.165) is 11.3 Å². The van der Waals surface area contributed by atoms with Crippen LogP contribution in [0.15, 0.2) is 48.5 Å². The number of ether oxygens (including phenoxy) is 2. The molecule has 120 valence electrons. The zero-order valence-corrected chi connectivity index (χ0v) is 12.7. The Morgan fingerprint density at radius 1 is 1.04 bits per heavy atom. The van der Waals surface area contributed by atoms with Crippen LogP contribution in [0.25, 0.3) is 0 Å². The Balaban J connectivity index is 1.83. The summed E-state index contributed by atoms with van der Waals surface area (Å²) >= 11 is 0. The van der Waals surface area contributed by atoms with Crippen LogP contribution in [0.2, 0.25) is 0 Å². The smallest absolute Gasteiger partial charge is 0.338 e. The van der Waals surface area contributed by atoms with E-state index in [1.54, 1.807) is 31.4 Å². The Labute approximate surface area is 134 Å². The highest BCUT2D eigenvalue weighted by atomic mass is 16.5. The summed E-state index contributed by atoms with van der Waals surface area (Å²) in [7, 11) is 1.61. The van der Waals surface area contributed by atoms with Gasteiger partial charge in [0.25, 0.3) is 0 Å². The van der Waals surface area contributed by atoms with Gasteiger partial charge in [0.2, 0.25) is 0 Å². The SMILES string of the molecule is COc1ccc(CCOC(=O)c2ccc(NC(N)=O)cc2)cc1. The molecule has 0 aliphatic rings. The minimum absolute atomic E-state index is 0.284. The molecule has 23 heavy (non-hydrogen) atoms. The number of hydrogen-bond acceptors (Lipinski definition) is 4. The maximum atomic E-state index is 11.9. The van der Waals surface area contributed by atoms with Gasteiger partial charge in [-0.1, -0.05) is 12.1 Å². The van der Waals surface area contributed by atoms with Gasteiger partial charge in [0, 0.05) is 12.1 Å². The van der Waals surface area contributed by atoms with Gasteiger partial charge in [0.1, 0.15) is 5.75 Å². The number of rotatable bonds is 6. The maximum Gasteiger partial charge on any atom is 0.338 e. The van der Waals surface area contributed by atoms with Crippen molar-refractivity contribution in [3.63, 3.8) is 0 Å². The summed E-state index contributed by atoms with van der Waals surface area (Å²) in [6, 6.07) is 13.2. The molecule has 2 aromatic rings. The van der Waals surface area contributed by atoms with Crippen molar-refractivity contribution >= 4 is 17.7 Å². The average molecular weight is 314 g/mol. The molecule has 6 nitrogen and oxygen atoms in total.